The van der Waals surface area contributed by atoms with Crippen molar-refractivity contribution in [3.8, 4) is 0 Å². The van der Waals surface area contributed by atoms with Crippen molar-refractivity contribution in [1.29, 1.82) is 0 Å². The molecule has 1 amide bonds. The van der Waals surface area contributed by atoms with Gasteiger partial charge in [-0.2, -0.15) is 4.31 Å². The molecule has 2 heterocycles. The SMILES string of the molecule is Cc1c(C(=O)NCCc2ccc(Cl)cc2)oc2ccc(S(=O)(=O)N3CCOCC3)cc12. The molecule has 0 atom stereocenters. The van der Waals surface area contributed by atoms with Crippen LogP contribution in [0, 0.1) is 6.92 Å². The lowest BCUT2D eigenvalue weighted by Gasteiger charge is -2.26. The largest absolute Gasteiger partial charge is 0.451 e. The molecule has 1 aliphatic rings. The number of fused-ring (bicyclic) bond motifs is 1. The van der Waals surface area contributed by atoms with Crippen LogP contribution < -0.4 is 5.32 Å². The van der Waals surface area contributed by atoms with Gasteiger partial charge >= 0.3 is 0 Å². The van der Waals surface area contributed by atoms with Gasteiger partial charge in [0.25, 0.3) is 5.91 Å². The molecular formula is C22H23ClN2O5S. The minimum Gasteiger partial charge on any atom is -0.451 e. The first kappa shape index (κ1) is 21.8. The maximum Gasteiger partial charge on any atom is 0.287 e. The third-order valence-electron chi connectivity index (χ3n) is 5.33. The summed E-state index contributed by atoms with van der Waals surface area (Å²) in [5.74, 6) is -0.146. The van der Waals surface area contributed by atoms with E-state index in [9.17, 15) is 13.2 Å². The quantitative estimate of drug-likeness (QED) is 0.606. The lowest BCUT2D eigenvalue weighted by molar-refractivity contribution is 0.0730. The monoisotopic (exact) mass is 462 g/mol. The highest BCUT2D eigenvalue weighted by Gasteiger charge is 2.27. The number of ether oxygens (including phenoxy) is 1. The van der Waals surface area contributed by atoms with E-state index in [1.54, 1.807) is 19.1 Å². The summed E-state index contributed by atoms with van der Waals surface area (Å²) in [6.07, 6.45) is 0.657. The molecule has 1 saturated heterocycles. The van der Waals surface area contributed by atoms with Gasteiger partial charge in [0.05, 0.1) is 18.1 Å². The number of hydrogen-bond donors (Lipinski definition) is 1. The van der Waals surface area contributed by atoms with Gasteiger partial charge in [-0.15, -0.1) is 0 Å². The van der Waals surface area contributed by atoms with E-state index in [4.69, 9.17) is 20.8 Å². The Morgan fingerprint density at radius 1 is 1.13 bits per heavy atom. The Kier molecular flexibility index (Phi) is 6.34. The first-order valence-electron chi connectivity index (χ1n) is 10.00. The van der Waals surface area contributed by atoms with Gasteiger partial charge < -0.3 is 14.5 Å². The van der Waals surface area contributed by atoms with Gasteiger partial charge in [0.15, 0.2) is 5.76 Å². The fourth-order valence-electron chi connectivity index (χ4n) is 3.56. The zero-order valence-corrected chi connectivity index (χ0v) is 18.6. The van der Waals surface area contributed by atoms with Gasteiger partial charge in [-0.1, -0.05) is 23.7 Å². The summed E-state index contributed by atoms with van der Waals surface area (Å²) in [6.45, 7) is 3.61. The molecule has 0 saturated carbocycles. The van der Waals surface area contributed by atoms with E-state index in [0.717, 1.165) is 5.56 Å². The smallest absolute Gasteiger partial charge is 0.287 e. The lowest BCUT2D eigenvalue weighted by Crippen LogP contribution is -2.40. The van der Waals surface area contributed by atoms with Crippen molar-refractivity contribution < 1.29 is 22.4 Å². The number of furan rings is 1. The summed E-state index contributed by atoms with van der Waals surface area (Å²) in [4.78, 5) is 12.8. The first-order chi connectivity index (χ1) is 14.9. The third kappa shape index (κ3) is 4.62. The second-order valence-corrected chi connectivity index (χ2v) is 9.74. The average Bonchev–Trinajstić information content (AvgIpc) is 3.12. The summed E-state index contributed by atoms with van der Waals surface area (Å²) in [5, 5.41) is 4.13. The molecule has 2 aromatic carbocycles. The van der Waals surface area contributed by atoms with E-state index in [1.807, 2.05) is 24.3 Å². The summed E-state index contributed by atoms with van der Waals surface area (Å²) in [7, 11) is -3.63. The Morgan fingerprint density at radius 2 is 1.84 bits per heavy atom. The standard InChI is InChI=1S/C22H23ClN2O5S/c1-15-19-14-18(31(27,28)25-10-12-29-13-11-25)6-7-20(19)30-21(15)22(26)24-9-8-16-2-4-17(23)5-3-16/h2-7,14H,8-13H2,1H3,(H,24,26). The first-order valence-corrected chi connectivity index (χ1v) is 11.8. The van der Waals surface area contributed by atoms with Crippen molar-refractivity contribution in [2.24, 2.45) is 0 Å². The van der Waals surface area contributed by atoms with Crippen LogP contribution in [-0.4, -0.2) is 51.5 Å². The van der Waals surface area contributed by atoms with Gasteiger partial charge in [0.1, 0.15) is 5.58 Å². The molecule has 164 valence electrons. The molecule has 9 heteroatoms. The predicted molar refractivity (Wildman–Crippen MR) is 118 cm³/mol. The molecule has 0 unspecified atom stereocenters. The number of nitrogens with zero attached hydrogens (tertiary/aromatic N) is 1. The molecule has 1 N–H and O–H groups in total. The van der Waals surface area contributed by atoms with Crippen LogP contribution >= 0.6 is 11.6 Å². The Labute approximate surface area is 186 Å². The van der Waals surface area contributed by atoms with Crippen LogP contribution in [0.3, 0.4) is 0 Å². The van der Waals surface area contributed by atoms with Gasteiger partial charge in [0, 0.05) is 35.6 Å². The second-order valence-electron chi connectivity index (χ2n) is 7.36. The number of aryl methyl sites for hydroxylation is 1. The summed E-state index contributed by atoms with van der Waals surface area (Å²) in [5.41, 5.74) is 2.14. The maximum atomic E-state index is 12.9. The number of carbonyl (C=O) groups excluding carboxylic acids is 1. The van der Waals surface area contributed by atoms with Crippen LogP contribution in [-0.2, 0) is 21.2 Å². The highest BCUT2D eigenvalue weighted by Crippen LogP contribution is 2.29. The number of carbonyl (C=O) groups is 1. The van der Waals surface area contributed by atoms with E-state index in [0.29, 0.717) is 60.8 Å². The number of nitrogens with one attached hydrogen (secondary N) is 1. The molecule has 3 aromatic rings. The summed E-state index contributed by atoms with van der Waals surface area (Å²) < 4.78 is 38.3. The Hall–Kier alpha value is -2.39. The average molecular weight is 463 g/mol. The molecule has 0 radical (unpaired) electrons. The Bertz CT molecular complexity index is 1200. The van der Waals surface area contributed by atoms with Crippen molar-refractivity contribution in [2.75, 3.05) is 32.8 Å². The number of benzene rings is 2. The molecule has 0 spiro atoms. The molecule has 4 rings (SSSR count). The topological polar surface area (TPSA) is 88.8 Å². The molecule has 1 fully saturated rings. The third-order valence-corrected chi connectivity index (χ3v) is 7.48. The molecule has 0 bridgehead atoms. The predicted octanol–water partition coefficient (Wildman–Crippen LogP) is 3.39. The summed E-state index contributed by atoms with van der Waals surface area (Å²) in [6, 6.07) is 12.1. The molecule has 7 nitrogen and oxygen atoms in total. The van der Waals surface area contributed by atoms with Gasteiger partial charge in [-0.3, -0.25) is 4.79 Å². The fourth-order valence-corrected chi connectivity index (χ4v) is 5.13. The van der Waals surface area contributed by atoms with Gasteiger partial charge in [0.2, 0.25) is 10.0 Å². The van der Waals surface area contributed by atoms with E-state index in [2.05, 4.69) is 5.32 Å². The molecule has 0 aliphatic carbocycles. The minimum atomic E-state index is -3.63. The number of halogens is 1. The van der Waals surface area contributed by atoms with Crippen LogP contribution in [0.1, 0.15) is 21.7 Å². The zero-order chi connectivity index (χ0) is 22.0. The van der Waals surface area contributed by atoms with Crippen molar-refractivity contribution >= 4 is 38.5 Å². The van der Waals surface area contributed by atoms with E-state index < -0.39 is 10.0 Å². The lowest BCUT2D eigenvalue weighted by atomic mass is 10.1. The molecule has 1 aromatic heterocycles. The van der Waals surface area contributed by atoms with Crippen LogP contribution in [0.2, 0.25) is 5.02 Å². The number of sulfonamides is 1. The van der Waals surface area contributed by atoms with E-state index >= 15 is 0 Å². The van der Waals surface area contributed by atoms with Crippen molar-refractivity contribution in [2.45, 2.75) is 18.2 Å². The molecule has 1 aliphatic heterocycles. The highest BCUT2D eigenvalue weighted by molar-refractivity contribution is 7.89. The van der Waals surface area contributed by atoms with E-state index in [-0.39, 0.29) is 16.6 Å². The zero-order valence-electron chi connectivity index (χ0n) is 17.1. The van der Waals surface area contributed by atoms with Crippen molar-refractivity contribution in [3.05, 3.63) is 64.4 Å². The molecular weight excluding hydrogens is 440 g/mol. The van der Waals surface area contributed by atoms with Crippen LogP contribution in [0.5, 0.6) is 0 Å². The normalized spacial score (nSPS) is 15.3. The highest BCUT2D eigenvalue weighted by atomic mass is 35.5. The van der Waals surface area contributed by atoms with E-state index in [1.165, 1.54) is 10.4 Å². The maximum absolute atomic E-state index is 12.9. The number of rotatable bonds is 6. The van der Waals surface area contributed by atoms with Gasteiger partial charge in [-0.05, 0) is 49.2 Å². The number of morpholine rings is 1. The van der Waals surface area contributed by atoms with Crippen LogP contribution in [0.25, 0.3) is 11.0 Å². The molecule has 31 heavy (non-hydrogen) atoms. The fraction of sp³-hybridized carbons (Fsp3) is 0.318. The Balaban J connectivity index is 1.50. The minimum absolute atomic E-state index is 0.181. The summed E-state index contributed by atoms with van der Waals surface area (Å²) >= 11 is 5.89. The Morgan fingerprint density at radius 3 is 2.55 bits per heavy atom. The van der Waals surface area contributed by atoms with Crippen molar-refractivity contribution in [1.82, 2.24) is 9.62 Å². The van der Waals surface area contributed by atoms with Gasteiger partial charge in [-0.25, -0.2) is 8.42 Å². The van der Waals surface area contributed by atoms with Crippen LogP contribution in [0.15, 0.2) is 51.8 Å². The van der Waals surface area contributed by atoms with Crippen LogP contribution in [0.4, 0.5) is 0 Å². The second kappa shape index (κ2) is 9.00. The number of amides is 1. The number of hydrogen-bond acceptors (Lipinski definition) is 5. The van der Waals surface area contributed by atoms with Crippen molar-refractivity contribution in [3.63, 3.8) is 0 Å².